The van der Waals surface area contributed by atoms with Crippen molar-refractivity contribution >= 4 is 17.6 Å². The van der Waals surface area contributed by atoms with E-state index >= 15 is 0 Å². The molecule has 0 fully saturated rings. The molecule has 0 radical (unpaired) electrons. The van der Waals surface area contributed by atoms with Crippen molar-refractivity contribution in [1.82, 2.24) is 9.80 Å². The molecule has 0 bridgehead atoms. The van der Waals surface area contributed by atoms with Gasteiger partial charge in [-0.2, -0.15) is 0 Å². The number of carbonyl (C=O) groups is 3. The first-order valence-corrected chi connectivity index (χ1v) is 5.80. The van der Waals surface area contributed by atoms with E-state index in [-0.39, 0.29) is 11.5 Å². The molecule has 5 nitrogen and oxygen atoms in total. The molecule has 0 aromatic heterocycles. The van der Waals surface area contributed by atoms with Gasteiger partial charge >= 0.3 is 0 Å². The largest absolute Gasteiger partial charge is 0.382 e. The molecule has 1 aliphatic rings. The van der Waals surface area contributed by atoms with Crippen LogP contribution in [0.2, 0.25) is 0 Å². The zero-order chi connectivity index (χ0) is 14.2. The summed E-state index contributed by atoms with van der Waals surface area (Å²) in [5.41, 5.74) is 0.744. The van der Waals surface area contributed by atoms with E-state index in [0.717, 1.165) is 4.90 Å². The predicted molar refractivity (Wildman–Crippen MR) is 69.4 cm³/mol. The van der Waals surface area contributed by atoms with Crippen molar-refractivity contribution in [3.63, 3.8) is 0 Å². The fraction of sp³-hybridized carbons (Fsp3) is 0.214. The number of rotatable bonds is 3. The molecule has 0 saturated heterocycles. The second-order valence-electron chi connectivity index (χ2n) is 4.53. The van der Waals surface area contributed by atoms with Crippen molar-refractivity contribution in [3.8, 4) is 0 Å². The first-order valence-electron chi connectivity index (χ1n) is 5.80. The molecule has 0 atom stereocenters. The fourth-order valence-electron chi connectivity index (χ4n) is 1.96. The van der Waals surface area contributed by atoms with Crippen LogP contribution in [0.4, 0.5) is 0 Å². The van der Waals surface area contributed by atoms with E-state index in [1.54, 1.807) is 43.3 Å². The number of hydrogen-bond acceptors (Lipinski definition) is 4. The van der Waals surface area contributed by atoms with Crippen LogP contribution < -0.4 is 0 Å². The van der Waals surface area contributed by atoms with Crippen LogP contribution >= 0.6 is 0 Å². The summed E-state index contributed by atoms with van der Waals surface area (Å²) in [4.78, 5) is 38.7. The van der Waals surface area contributed by atoms with Gasteiger partial charge < -0.3 is 4.90 Å². The molecule has 0 unspecified atom stereocenters. The molecular formula is C14H14N2O3. The Morgan fingerprint density at radius 3 is 1.95 bits per heavy atom. The molecule has 1 aromatic carbocycles. The summed E-state index contributed by atoms with van der Waals surface area (Å²) in [7, 11) is 3.45. The number of amides is 2. The third kappa shape index (κ3) is 2.14. The van der Waals surface area contributed by atoms with Crippen LogP contribution in [0.15, 0.2) is 36.2 Å². The first-order chi connectivity index (χ1) is 8.93. The molecule has 1 aliphatic heterocycles. The highest BCUT2D eigenvalue weighted by molar-refractivity contribution is 6.24. The van der Waals surface area contributed by atoms with Gasteiger partial charge in [0.25, 0.3) is 11.8 Å². The Hall–Kier alpha value is -2.43. The smallest absolute Gasteiger partial charge is 0.266 e. The van der Waals surface area contributed by atoms with Crippen molar-refractivity contribution in [2.24, 2.45) is 0 Å². The quantitative estimate of drug-likeness (QED) is 0.605. The summed E-state index contributed by atoms with van der Waals surface area (Å²) in [5.74, 6) is -1.24. The number of nitrogens with zero attached hydrogens (tertiary/aromatic N) is 2. The van der Waals surface area contributed by atoms with E-state index in [1.807, 2.05) is 0 Å². The summed E-state index contributed by atoms with van der Waals surface area (Å²) in [6, 6.07) is 6.55. The standard InChI is InChI=1S/C14H14N2O3/c1-9(17)12(8-15(2)3)16-13(18)10-6-4-5-7-11(10)14(16)19/h4-8H,1-3H3/b12-8+. The lowest BCUT2D eigenvalue weighted by Gasteiger charge is -2.17. The topological polar surface area (TPSA) is 57.7 Å². The minimum absolute atomic E-state index is 0.0798. The van der Waals surface area contributed by atoms with Gasteiger partial charge in [0, 0.05) is 27.2 Å². The van der Waals surface area contributed by atoms with Gasteiger partial charge in [-0.05, 0) is 12.1 Å². The third-order valence-electron chi connectivity index (χ3n) is 2.78. The molecule has 19 heavy (non-hydrogen) atoms. The van der Waals surface area contributed by atoms with Crippen LogP contribution in [-0.4, -0.2) is 41.5 Å². The highest BCUT2D eigenvalue weighted by Gasteiger charge is 2.38. The normalized spacial score (nSPS) is 14.7. The average molecular weight is 258 g/mol. The Morgan fingerprint density at radius 2 is 1.58 bits per heavy atom. The Labute approximate surface area is 111 Å². The lowest BCUT2D eigenvalue weighted by atomic mass is 10.1. The number of allylic oxidation sites excluding steroid dienone is 1. The van der Waals surface area contributed by atoms with Gasteiger partial charge in [0.1, 0.15) is 5.70 Å². The minimum Gasteiger partial charge on any atom is -0.382 e. The molecule has 5 heteroatoms. The van der Waals surface area contributed by atoms with Gasteiger partial charge in [-0.15, -0.1) is 0 Å². The molecule has 0 saturated carbocycles. The summed E-state index contributed by atoms with van der Waals surface area (Å²) in [6.07, 6.45) is 1.48. The van der Waals surface area contributed by atoms with Crippen molar-refractivity contribution in [2.75, 3.05) is 14.1 Å². The average Bonchev–Trinajstić information content (AvgIpc) is 2.60. The lowest BCUT2D eigenvalue weighted by molar-refractivity contribution is -0.114. The van der Waals surface area contributed by atoms with Crippen molar-refractivity contribution in [3.05, 3.63) is 47.3 Å². The van der Waals surface area contributed by atoms with Crippen LogP contribution in [0.5, 0.6) is 0 Å². The Morgan fingerprint density at radius 1 is 1.11 bits per heavy atom. The Bertz CT molecular complexity index is 567. The van der Waals surface area contributed by atoms with E-state index in [9.17, 15) is 14.4 Å². The van der Waals surface area contributed by atoms with Gasteiger partial charge in [-0.3, -0.25) is 14.4 Å². The molecule has 0 N–H and O–H groups in total. The SMILES string of the molecule is CC(=O)/C(=C\N(C)C)N1C(=O)c2ccccc2C1=O. The van der Waals surface area contributed by atoms with Gasteiger partial charge in [0.2, 0.25) is 0 Å². The van der Waals surface area contributed by atoms with Crippen LogP contribution in [0.1, 0.15) is 27.6 Å². The third-order valence-corrected chi connectivity index (χ3v) is 2.78. The van der Waals surface area contributed by atoms with Crippen molar-refractivity contribution < 1.29 is 14.4 Å². The zero-order valence-electron chi connectivity index (χ0n) is 11.0. The predicted octanol–water partition coefficient (Wildman–Crippen LogP) is 1.27. The van der Waals surface area contributed by atoms with Crippen molar-refractivity contribution in [2.45, 2.75) is 6.92 Å². The van der Waals surface area contributed by atoms with Crippen molar-refractivity contribution in [1.29, 1.82) is 0 Å². The van der Waals surface area contributed by atoms with E-state index in [1.165, 1.54) is 13.1 Å². The van der Waals surface area contributed by atoms with Crippen LogP contribution in [0.3, 0.4) is 0 Å². The number of Topliss-reactive ketones (excluding diaryl/α,β-unsaturated/α-hetero) is 1. The minimum atomic E-state index is -0.455. The van der Waals surface area contributed by atoms with Gasteiger partial charge in [0.05, 0.1) is 11.1 Å². The number of benzene rings is 1. The molecule has 2 amide bonds. The van der Waals surface area contributed by atoms with E-state index in [0.29, 0.717) is 11.1 Å². The maximum Gasteiger partial charge on any atom is 0.266 e. The summed E-state index contributed by atoms with van der Waals surface area (Å²) >= 11 is 0. The number of fused-ring (bicyclic) bond motifs is 1. The molecular weight excluding hydrogens is 244 g/mol. The molecule has 0 spiro atoms. The van der Waals surface area contributed by atoms with Gasteiger partial charge in [0.15, 0.2) is 5.78 Å². The molecule has 1 heterocycles. The van der Waals surface area contributed by atoms with Crippen LogP contribution in [0.25, 0.3) is 0 Å². The maximum absolute atomic E-state index is 12.2. The second-order valence-corrected chi connectivity index (χ2v) is 4.53. The number of carbonyl (C=O) groups excluding carboxylic acids is 3. The monoisotopic (exact) mass is 258 g/mol. The molecule has 1 aromatic rings. The Balaban J connectivity index is 2.51. The summed E-state index contributed by atoms with van der Waals surface area (Å²) in [5, 5.41) is 0. The van der Waals surface area contributed by atoms with E-state index < -0.39 is 11.8 Å². The summed E-state index contributed by atoms with van der Waals surface area (Å²) < 4.78 is 0. The second kappa shape index (κ2) is 4.68. The first kappa shape index (κ1) is 13.0. The molecule has 0 aliphatic carbocycles. The maximum atomic E-state index is 12.2. The van der Waals surface area contributed by atoms with Crippen LogP contribution in [-0.2, 0) is 4.79 Å². The Kier molecular flexibility index (Phi) is 3.21. The lowest BCUT2D eigenvalue weighted by Crippen LogP contribution is -2.33. The van der Waals surface area contributed by atoms with Gasteiger partial charge in [-0.25, -0.2) is 4.90 Å². The fourth-order valence-corrected chi connectivity index (χ4v) is 1.96. The number of hydrogen-bond donors (Lipinski definition) is 0. The number of ketones is 1. The van der Waals surface area contributed by atoms with E-state index in [2.05, 4.69) is 0 Å². The molecule has 2 rings (SSSR count). The summed E-state index contributed by atoms with van der Waals surface area (Å²) in [6.45, 7) is 1.33. The van der Waals surface area contributed by atoms with Gasteiger partial charge in [-0.1, -0.05) is 12.1 Å². The highest BCUT2D eigenvalue weighted by Crippen LogP contribution is 2.26. The van der Waals surface area contributed by atoms with Crippen LogP contribution in [0, 0.1) is 0 Å². The highest BCUT2D eigenvalue weighted by atomic mass is 16.2. The zero-order valence-corrected chi connectivity index (χ0v) is 11.0. The number of imide groups is 1. The van der Waals surface area contributed by atoms with E-state index in [4.69, 9.17) is 0 Å². The molecule has 98 valence electrons.